The van der Waals surface area contributed by atoms with Gasteiger partial charge >= 0.3 is 0 Å². The largest absolute Gasteiger partial charge is 0.373 e. The molecule has 0 aliphatic rings. The van der Waals surface area contributed by atoms with Crippen LogP contribution in [-0.4, -0.2) is 12.0 Å². The van der Waals surface area contributed by atoms with Gasteiger partial charge in [-0.3, -0.25) is 0 Å². The zero-order valence-corrected chi connectivity index (χ0v) is 10.9. The maximum atomic E-state index is 13.8. The van der Waals surface area contributed by atoms with Crippen molar-refractivity contribution in [3.8, 4) is 0 Å². The molecule has 0 unspecified atom stereocenters. The molecule has 0 saturated heterocycles. The van der Waals surface area contributed by atoms with Crippen LogP contribution in [0.15, 0.2) is 18.2 Å². The molecule has 0 aliphatic heterocycles. The monoisotopic (exact) mass is 250 g/mol. The normalized spacial score (nSPS) is 11.9. The minimum absolute atomic E-state index is 0.166. The molecule has 0 radical (unpaired) electrons. The third-order valence-corrected chi connectivity index (χ3v) is 2.89. The summed E-state index contributed by atoms with van der Waals surface area (Å²) in [4.78, 5) is 4.29. The Morgan fingerprint density at radius 2 is 1.78 bits per heavy atom. The lowest BCUT2D eigenvalue weighted by molar-refractivity contribution is 0.584. The number of fused-ring (bicyclic) bond motifs is 1. The first-order valence-electron chi connectivity index (χ1n) is 5.81. The molecule has 18 heavy (non-hydrogen) atoms. The van der Waals surface area contributed by atoms with Crippen LogP contribution >= 0.6 is 0 Å². The zero-order chi connectivity index (χ0) is 13.5. The van der Waals surface area contributed by atoms with Gasteiger partial charge in [-0.1, -0.05) is 20.8 Å². The zero-order valence-electron chi connectivity index (χ0n) is 10.9. The van der Waals surface area contributed by atoms with Gasteiger partial charge in [-0.25, -0.2) is 13.8 Å². The van der Waals surface area contributed by atoms with Crippen LogP contribution < -0.4 is 5.32 Å². The van der Waals surface area contributed by atoms with Crippen molar-refractivity contribution in [2.75, 3.05) is 12.4 Å². The first-order chi connectivity index (χ1) is 8.32. The fourth-order valence-corrected chi connectivity index (χ4v) is 1.96. The van der Waals surface area contributed by atoms with E-state index in [9.17, 15) is 8.78 Å². The third kappa shape index (κ3) is 2.15. The maximum absolute atomic E-state index is 13.8. The summed E-state index contributed by atoms with van der Waals surface area (Å²) in [5.41, 5.74) is 1.06. The average Bonchev–Trinajstić information content (AvgIpc) is 2.25. The summed E-state index contributed by atoms with van der Waals surface area (Å²) >= 11 is 0. The number of aromatic nitrogens is 1. The lowest BCUT2D eigenvalue weighted by atomic mass is 9.86. The van der Waals surface area contributed by atoms with E-state index >= 15 is 0 Å². The Morgan fingerprint density at radius 3 is 2.33 bits per heavy atom. The number of nitrogens with zero attached hydrogens (tertiary/aromatic N) is 1. The standard InChI is InChI=1S/C14H16F2N2/c1-14(2,3)10-7-9-11(16)5-8(15)6-12(9)18-13(10)17-4/h5-7H,1-4H3,(H,17,18). The fourth-order valence-electron chi connectivity index (χ4n) is 1.96. The van der Waals surface area contributed by atoms with E-state index in [1.165, 1.54) is 6.07 Å². The van der Waals surface area contributed by atoms with Crippen molar-refractivity contribution in [2.45, 2.75) is 26.2 Å². The van der Waals surface area contributed by atoms with E-state index in [0.29, 0.717) is 16.7 Å². The molecule has 0 saturated carbocycles. The summed E-state index contributed by atoms with van der Waals surface area (Å²) in [7, 11) is 1.75. The van der Waals surface area contributed by atoms with Crippen molar-refractivity contribution in [3.63, 3.8) is 0 Å². The Labute approximate surface area is 105 Å². The first-order valence-corrected chi connectivity index (χ1v) is 5.81. The van der Waals surface area contributed by atoms with Crippen molar-refractivity contribution < 1.29 is 8.78 Å². The van der Waals surface area contributed by atoms with Gasteiger partial charge in [0.1, 0.15) is 17.5 Å². The van der Waals surface area contributed by atoms with E-state index in [1.54, 1.807) is 13.1 Å². The van der Waals surface area contributed by atoms with Crippen LogP contribution in [0.5, 0.6) is 0 Å². The molecule has 4 heteroatoms. The maximum Gasteiger partial charge on any atom is 0.135 e. The lowest BCUT2D eigenvalue weighted by Crippen LogP contribution is -2.15. The molecule has 0 spiro atoms. The number of hydrogen-bond donors (Lipinski definition) is 1. The molecule has 1 heterocycles. The second kappa shape index (κ2) is 4.19. The quantitative estimate of drug-likeness (QED) is 0.831. The predicted octanol–water partition coefficient (Wildman–Crippen LogP) is 3.85. The van der Waals surface area contributed by atoms with Crippen LogP contribution in [0.4, 0.5) is 14.6 Å². The highest BCUT2D eigenvalue weighted by Gasteiger charge is 2.20. The van der Waals surface area contributed by atoms with Crippen LogP contribution in [0.1, 0.15) is 26.3 Å². The predicted molar refractivity (Wildman–Crippen MR) is 69.9 cm³/mol. The van der Waals surface area contributed by atoms with E-state index in [-0.39, 0.29) is 5.41 Å². The highest BCUT2D eigenvalue weighted by molar-refractivity contribution is 5.82. The van der Waals surface area contributed by atoms with Crippen LogP contribution in [-0.2, 0) is 5.41 Å². The van der Waals surface area contributed by atoms with Crippen LogP contribution in [0.3, 0.4) is 0 Å². The number of pyridine rings is 1. The summed E-state index contributed by atoms with van der Waals surface area (Å²) in [6.07, 6.45) is 0. The van der Waals surface area contributed by atoms with Crippen LogP contribution in [0.2, 0.25) is 0 Å². The highest BCUT2D eigenvalue weighted by atomic mass is 19.1. The summed E-state index contributed by atoms with van der Waals surface area (Å²) in [6, 6.07) is 3.87. The van der Waals surface area contributed by atoms with Gasteiger partial charge < -0.3 is 5.32 Å². The molecule has 1 aromatic heterocycles. The van der Waals surface area contributed by atoms with Crippen molar-refractivity contribution in [3.05, 3.63) is 35.4 Å². The Morgan fingerprint density at radius 1 is 1.11 bits per heavy atom. The molecular formula is C14H16F2N2. The Kier molecular flexibility index (Phi) is 2.97. The van der Waals surface area contributed by atoms with Gasteiger partial charge in [0.15, 0.2) is 0 Å². The van der Waals surface area contributed by atoms with E-state index in [0.717, 1.165) is 11.6 Å². The van der Waals surface area contributed by atoms with E-state index in [1.807, 2.05) is 20.8 Å². The molecule has 0 atom stereocenters. The molecule has 0 aliphatic carbocycles. The van der Waals surface area contributed by atoms with Crippen LogP contribution in [0.25, 0.3) is 10.9 Å². The van der Waals surface area contributed by atoms with E-state index in [4.69, 9.17) is 0 Å². The molecule has 1 aromatic carbocycles. The number of nitrogens with one attached hydrogen (secondary N) is 1. The topological polar surface area (TPSA) is 24.9 Å². The molecule has 1 N–H and O–H groups in total. The number of benzene rings is 1. The Hall–Kier alpha value is -1.71. The Bertz CT molecular complexity index is 601. The van der Waals surface area contributed by atoms with Gasteiger partial charge in [0, 0.05) is 30.1 Å². The summed E-state index contributed by atoms with van der Waals surface area (Å²) < 4.78 is 26.9. The smallest absolute Gasteiger partial charge is 0.135 e. The molecule has 2 aromatic rings. The lowest BCUT2D eigenvalue weighted by Gasteiger charge is -2.22. The molecule has 0 amide bonds. The molecule has 96 valence electrons. The van der Waals surface area contributed by atoms with Crippen LogP contribution in [0, 0.1) is 11.6 Å². The van der Waals surface area contributed by atoms with E-state index in [2.05, 4.69) is 10.3 Å². The summed E-state index contributed by atoms with van der Waals surface area (Å²) in [5, 5.41) is 3.32. The Balaban J connectivity index is 2.82. The van der Waals surface area contributed by atoms with E-state index < -0.39 is 11.6 Å². The molecule has 0 fully saturated rings. The number of halogens is 2. The van der Waals surface area contributed by atoms with Gasteiger partial charge in [0.25, 0.3) is 0 Å². The SMILES string of the molecule is CNc1nc2cc(F)cc(F)c2cc1C(C)(C)C. The van der Waals surface area contributed by atoms with Crippen molar-refractivity contribution >= 4 is 16.7 Å². The molecule has 0 bridgehead atoms. The summed E-state index contributed by atoms with van der Waals surface area (Å²) in [5.74, 6) is -0.538. The third-order valence-electron chi connectivity index (χ3n) is 2.89. The van der Waals surface area contributed by atoms with Crippen molar-refractivity contribution in [1.29, 1.82) is 0 Å². The average molecular weight is 250 g/mol. The second-order valence-corrected chi connectivity index (χ2v) is 5.34. The number of rotatable bonds is 1. The van der Waals surface area contributed by atoms with Crippen molar-refractivity contribution in [1.82, 2.24) is 4.98 Å². The molecule has 2 rings (SSSR count). The van der Waals surface area contributed by atoms with Gasteiger partial charge in [-0.05, 0) is 11.5 Å². The van der Waals surface area contributed by atoms with Crippen molar-refractivity contribution in [2.24, 2.45) is 0 Å². The van der Waals surface area contributed by atoms with Gasteiger partial charge in [-0.2, -0.15) is 0 Å². The minimum Gasteiger partial charge on any atom is -0.373 e. The second-order valence-electron chi connectivity index (χ2n) is 5.34. The molecule has 2 nitrogen and oxygen atoms in total. The first kappa shape index (κ1) is 12.7. The number of anilines is 1. The fraction of sp³-hybridized carbons (Fsp3) is 0.357. The highest BCUT2D eigenvalue weighted by Crippen LogP contribution is 2.32. The van der Waals surface area contributed by atoms with Gasteiger partial charge in [0.2, 0.25) is 0 Å². The molecular weight excluding hydrogens is 234 g/mol. The van der Waals surface area contributed by atoms with Gasteiger partial charge in [-0.15, -0.1) is 0 Å². The number of hydrogen-bond acceptors (Lipinski definition) is 2. The minimum atomic E-state index is -0.613. The summed E-state index contributed by atoms with van der Waals surface area (Å²) in [6.45, 7) is 6.08. The van der Waals surface area contributed by atoms with Gasteiger partial charge in [0.05, 0.1) is 5.52 Å².